The molecule has 122 valence electrons. The average molecular weight is 315 g/mol. The van der Waals surface area contributed by atoms with Gasteiger partial charge in [0.25, 0.3) is 0 Å². The first-order chi connectivity index (χ1) is 10.4. The zero-order chi connectivity index (χ0) is 15.7. The molecule has 0 unspecified atom stereocenters. The number of benzene rings is 1. The van der Waals surface area contributed by atoms with Gasteiger partial charge in [0.2, 0.25) is 0 Å². The van der Waals surface area contributed by atoms with Crippen molar-refractivity contribution in [1.29, 1.82) is 0 Å². The summed E-state index contributed by atoms with van der Waals surface area (Å²) in [4.78, 5) is 2.13. The lowest BCUT2D eigenvalue weighted by Gasteiger charge is -2.27. The molecule has 0 amide bonds. The minimum Gasteiger partial charge on any atom is -0.392 e. The summed E-state index contributed by atoms with van der Waals surface area (Å²) in [7, 11) is 0. The van der Waals surface area contributed by atoms with Gasteiger partial charge in [-0.25, -0.2) is 0 Å². The summed E-state index contributed by atoms with van der Waals surface area (Å²) in [5.41, 5.74) is 0.183. The van der Waals surface area contributed by atoms with Crippen LogP contribution >= 0.6 is 0 Å². The normalized spacial score (nSPS) is 30.1. The van der Waals surface area contributed by atoms with E-state index in [0.717, 1.165) is 43.7 Å². The fraction of sp³-hybridized carbons (Fsp3) is 0.625. The third-order valence-corrected chi connectivity index (χ3v) is 4.47. The monoisotopic (exact) mass is 315 g/mol. The molecule has 1 aromatic rings. The number of likely N-dealkylation sites (tertiary alicyclic amines) is 1. The molecule has 2 aliphatic rings. The number of hydrogen-bond donors (Lipinski definition) is 1. The van der Waals surface area contributed by atoms with E-state index in [9.17, 15) is 18.3 Å². The fourth-order valence-corrected chi connectivity index (χ4v) is 3.37. The highest BCUT2D eigenvalue weighted by Crippen LogP contribution is 2.35. The minimum absolute atomic E-state index is 0.0403. The molecule has 22 heavy (non-hydrogen) atoms. The topological polar surface area (TPSA) is 32.7 Å². The fourth-order valence-electron chi connectivity index (χ4n) is 3.37. The van der Waals surface area contributed by atoms with Crippen LogP contribution in [0.4, 0.5) is 13.2 Å². The van der Waals surface area contributed by atoms with Gasteiger partial charge in [-0.1, -0.05) is 12.1 Å². The molecule has 0 saturated carbocycles. The van der Waals surface area contributed by atoms with Gasteiger partial charge in [0.15, 0.2) is 0 Å². The number of rotatable bonds is 3. The zero-order valence-corrected chi connectivity index (χ0v) is 12.2. The van der Waals surface area contributed by atoms with Crippen molar-refractivity contribution in [3.8, 4) is 0 Å². The van der Waals surface area contributed by atoms with Crippen LogP contribution in [0.1, 0.15) is 36.4 Å². The molecule has 0 bridgehead atoms. The van der Waals surface area contributed by atoms with Gasteiger partial charge in [-0.05, 0) is 37.0 Å². The summed E-state index contributed by atoms with van der Waals surface area (Å²) in [6.45, 7) is 2.04. The van der Waals surface area contributed by atoms with E-state index < -0.39 is 17.8 Å². The third kappa shape index (κ3) is 3.45. The summed E-state index contributed by atoms with van der Waals surface area (Å²) in [5, 5.41) is 9.93. The van der Waals surface area contributed by atoms with Crippen molar-refractivity contribution in [3.63, 3.8) is 0 Å². The van der Waals surface area contributed by atoms with E-state index >= 15 is 0 Å². The van der Waals surface area contributed by atoms with Gasteiger partial charge in [-0.2, -0.15) is 13.2 Å². The Kier molecular flexibility index (Phi) is 4.43. The lowest BCUT2D eigenvalue weighted by Crippen LogP contribution is -2.32. The van der Waals surface area contributed by atoms with E-state index in [1.165, 1.54) is 12.1 Å². The summed E-state index contributed by atoms with van der Waals surface area (Å²) in [6.07, 6.45) is -1.97. The highest BCUT2D eigenvalue weighted by Gasteiger charge is 2.35. The van der Waals surface area contributed by atoms with E-state index in [2.05, 4.69) is 4.90 Å². The van der Waals surface area contributed by atoms with E-state index in [0.29, 0.717) is 13.0 Å². The van der Waals surface area contributed by atoms with E-state index in [-0.39, 0.29) is 12.1 Å². The summed E-state index contributed by atoms with van der Waals surface area (Å²) >= 11 is 0. The number of nitrogens with zero attached hydrogens (tertiary/aromatic N) is 1. The van der Waals surface area contributed by atoms with Gasteiger partial charge in [-0.3, -0.25) is 4.90 Å². The number of hydrogen-bond acceptors (Lipinski definition) is 3. The summed E-state index contributed by atoms with van der Waals surface area (Å²) in [6, 6.07) is 5.23. The second-order valence-corrected chi connectivity index (χ2v) is 6.11. The number of halogens is 3. The molecule has 3 atom stereocenters. The summed E-state index contributed by atoms with van der Waals surface area (Å²) in [5.74, 6) is 0. The first-order valence-electron chi connectivity index (χ1n) is 7.64. The molecule has 2 aliphatic heterocycles. The van der Waals surface area contributed by atoms with E-state index in [1.807, 2.05) is 0 Å². The largest absolute Gasteiger partial charge is 0.416 e. The maximum atomic E-state index is 12.6. The van der Waals surface area contributed by atoms with Crippen molar-refractivity contribution in [2.45, 2.75) is 43.7 Å². The highest BCUT2D eigenvalue weighted by molar-refractivity contribution is 5.27. The van der Waals surface area contributed by atoms with E-state index in [1.54, 1.807) is 0 Å². The Labute approximate surface area is 127 Å². The lowest BCUT2D eigenvalue weighted by molar-refractivity contribution is -0.137. The standard InChI is InChI=1S/C16H20F3NO2/c17-16(18,19)12-5-3-11(4-6-12)15-8-13(21)9-20(15)10-14-2-1-7-22-14/h3-6,13-15,21H,1-2,7-10H2/t13-,14+,15-/m1/s1. The van der Waals surface area contributed by atoms with Crippen LogP contribution < -0.4 is 0 Å². The van der Waals surface area contributed by atoms with Crippen LogP contribution in [0.25, 0.3) is 0 Å². The Balaban J connectivity index is 1.73. The molecule has 2 fully saturated rings. The Morgan fingerprint density at radius 3 is 2.55 bits per heavy atom. The molecule has 3 rings (SSSR count). The van der Waals surface area contributed by atoms with Gasteiger partial charge >= 0.3 is 6.18 Å². The number of alkyl halides is 3. The minimum atomic E-state index is -4.31. The van der Waals surface area contributed by atoms with E-state index in [4.69, 9.17) is 4.74 Å². The zero-order valence-electron chi connectivity index (χ0n) is 12.2. The van der Waals surface area contributed by atoms with Crippen molar-refractivity contribution >= 4 is 0 Å². The molecular formula is C16H20F3NO2. The van der Waals surface area contributed by atoms with Gasteiger partial charge in [0.1, 0.15) is 0 Å². The molecule has 3 nitrogen and oxygen atoms in total. The number of aliphatic hydroxyl groups excluding tert-OH is 1. The second kappa shape index (κ2) is 6.18. The lowest BCUT2D eigenvalue weighted by atomic mass is 10.0. The molecule has 0 aliphatic carbocycles. The number of β-amino-alcohol motifs (C(OH)–C–C–N with tert-alkyl or cyclic N) is 1. The van der Waals surface area contributed by atoms with Gasteiger partial charge in [0.05, 0.1) is 17.8 Å². The molecule has 1 aromatic carbocycles. The first kappa shape index (κ1) is 15.8. The van der Waals surface area contributed by atoms with Crippen molar-refractivity contribution in [2.24, 2.45) is 0 Å². The summed E-state index contributed by atoms with van der Waals surface area (Å²) < 4.78 is 43.5. The van der Waals surface area contributed by atoms with Crippen molar-refractivity contribution in [1.82, 2.24) is 4.90 Å². The Hall–Kier alpha value is -1.11. The predicted molar refractivity (Wildman–Crippen MR) is 75.4 cm³/mol. The van der Waals surface area contributed by atoms with Gasteiger partial charge in [-0.15, -0.1) is 0 Å². The highest BCUT2D eigenvalue weighted by atomic mass is 19.4. The van der Waals surface area contributed by atoms with Crippen molar-refractivity contribution < 1.29 is 23.0 Å². The number of ether oxygens (including phenoxy) is 1. The van der Waals surface area contributed by atoms with Crippen LogP contribution in [-0.4, -0.2) is 41.9 Å². The van der Waals surface area contributed by atoms with Crippen LogP contribution in [0.2, 0.25) is 0 Å². The van der Waals surface area contributed by atoms with Crippen LogP contribution in [0, 0.1) is 0 Å². The molecule has 0 spiro atoms. The quantitative estimate of drug-likeness (QED) is 0.931. The maximum Gasteiger partial charge on any atom is 0.416 e. The third-order valence-electron chi connectivity index (χ3n) is 4.47. The predicted octanol–water partition coefficient (Wildman–Crippen LogP) is 2.99. The van der Waals surface area contributed by atoms with Crippen LogP contribution in [0.15, 0.2) is 24.3 Å². The molecular weight excluding hydrogens is 295 g/mol. The average Bonchev–Trinajstić information content (AvgIpc) is 3.08. The SMILES string of the molecule is O[C@@H]1C[C@H](c2ccc(C(F)(F)F)cc2)N(C[C@@H]2CCCO2)C1. The Morgan fingerprint density at radius 2 is 1.95 bits per heavy atom. The second-order valence-electron chi connectivity index (χ2n) is 6.11. The number of aliphatic hydroxyl groups is 1. The van der Waals surface area contributed by atoms with Crippen molar-refractivity contribution in [2.75, 3.05) is 19.7 Å². The molecule has 1 N–H and O–H groups in total. The molecule has 6 heteroatoms. The van der Waals surface area contributed by atoms with Gasteiger partial charge < -0.3 is 9.84 Å². The van der Waals surface area contributed by atoms with Gasteiger partial charge in [0, 0.05) is 25.7 Å². The first-order valence-corrected chi connectivity index (χ1v) is 7.64. The van der Waals surface area contributed by atoms with Crippen LogP contribution in [0.3, 0.4) is 0 Å². The molecule has 0 radical (unpaired) electrons. The molecule has 2 saturated heterocycles. The van der Waals surface area contributed by atoms with Crippen molar-refractivity contribution in [3.05, 3.63) is 35.4 Å². The Morgan fingerprint density at radius 1 is 1.23 bits per heavy atom. The maximum absolute atomic E-state index is 12.6. The smallest absolute Gasteiger partial charge is 0.392 e. The molecule has 2 heterocycles. The molecule has 0 aromatic heterocycles. The van der Waals surface area contributed by atoms with Crippen LogP contribution in [0.5, 0.6) is 0 Å². The Bertz CT molecular complexity index is 497. The van der Waals surface area contributed by atoms with Crippen LogP contribution in [-0.2, 0) is 10.9 Å².